The fourth-order valence-corrected chi connectivity index (χ4v) is 0.860. The fraction of sp³-hybridized carbons (Fsp3) is 0.400. The first-order valence-corrected chi connectivity index (χ1v) is 3.58. The Labute approximate surface area is 64.3 Å². The molecule has 1 aromatic carbocycles. The van der Waals surface area contributed by atoms with Gasteiger partial charge in [0.25, 0.3) is 0 Å². The van der Waals surface area contributed by atoms with E-state index < -0.39 is 0 Å². The predicted molar refractivity (Wildman–Crippen MR) is 45.1 cm³/mol. The minimum Gasteiger partial charge on any atom is -0.0622 e. The molecule has 54 valence electrons. The summed E-state index contributed by atoms with van der Waals surface area (Å²) in [5, 5.41) is 0. The second kappa shape index (κ2) is 2.45. The van der Waals surface area contributed by atoms with Crippen LogP contribution in [0.1, 0.15) is 27.7 Å². The molecule has 0 amide bonds. The first-order chi connectivity index (χ1) is 5.02. The zero-order valence-electron chi connectivity index (χ0n) is 7.81. The lowest BCUT2D eigenvalue weighted by Gasteiger charge is -2.18. The zero-order chi connectivity index (χ0) is 8.48. The molecule has 1 aromatic rings. The molecule has 10 heavy (non-hydrogen) atoms. The van der Waals surface area contributed by atoms with Crippen LogP contribution in [0.15, 0.2) is 30.3 Å². The molecule has 0 aliphatic heterocycles. The molecular formula is C10H14. The molecule has 0 aromatic heterocycles. The van der Waals surface area contributed by atoms with Crippen molar-refractivity contribution in [1.82, 2.24) is 0 Å². The van der Waals surface area contributed by atoms with E-state index >= 15 is 0 Å². The van der Waals surface area contributed by atoms with Gasteiger partial charge in [0.2, 0.25) is 0 Å². The van der Waals surface area contributed by atoms with Gasteiger partial charge in [-0.05, 0) is 11.0 Å². The molecule has 0 bridgehead atoms. The molecule has 0 unspecified atom stereocenters. The van der Waals surface area contributed by atoms with Gasteiger partial charge in [0.15, 0.2) is 0 Å². The fourth-order valence-electron chi connectivity index (χ4n) is 0.860. The van der Waals surface area contributed by atoms with Crippen molar-refractivity contribution in [3.63, 3.8) is 0 Å². The van der Waals surface area contributed by atoms with Crippen LogP contribution in [0.3, 0.4) is 0 Å². The third-order valence-corrected chi connectivity index (χ3v) is 1.52. The maximum absolute atomic E-state index is 7.63. The van der Waals surface area contributed by atoms with Crippen LogP contribution in [-0.4, -0.2) is 0 Å². The Bertz CT molecular complexity index is 245. The molecule has 0 atom stereocenters. The molecule has 0 fully saturated rings. The molecule has 0 saturated carbocycles. The molecule has 0 heterocycles. The highest BCUT2D eigenvalue weighted by molar-refractivity contribution is 5.21. The predicted octanol–water partition coefficient (Wildman–Crippen LogP) is 2.98. The summed E-state index contributed by atoms with van der Waals surface area (Å²) in [5.74, 6) is 0. The van der Waals surface area contributed by atoms with Gasteiger partial charge in [-0.15, -0.1) is 0 Å². The van der Waals surface area contributed by atoms with E-state index in [2.05, 4.69) is 20.8 Å². The average Bonchev–Trinajstić information content (AvgIpc) is 1.86. The van der Waals surface area contributed by atoms with E-state index in [1.807, 2.05) is 24.3 Å². The molecular weight excluding hydrogens is 120 g/mol. The van der Waals surface area contributed by atoms with E-state index in [0.717, 1.165) is 5.56 Å². The van der Waals surface area contributed by atoms with Crippen LogP contribution in [0.4, 0.5) is 0 Å². The van der Waals surface area contributed by atoms with Crippen molar-refractivity contribution < 1.29 is 1.37 Å². The normalized spacial score (nSPS) is 12.9. The minimum atomic E-state index is 0.0956. The first kappa shape index (κ1) is 5.96. The van der Waals surface area contributed by atoms with Crippen molar-refractivity contribution in [2.45, 2.75) is 26.2 Å². The summed E-state index contributed by atoms with van der Waals surface area (Å²) in [6.45, 7) is 6.38. The number of rotatable bonds is 0. The van der Waals surface area contributed by atoms with Gasteiger partial charge in [-0.3, -0.25) is 0 Å². The Kier molecular flexibility index (Phi) is 1.46. The lowest BCUT2D eigenvalue weighted by molar-refractivity contribution is 0.590. The van der Waals surface area contributed by atoms with Gasteiger partial charge >= 0.3 is 0 Å². The zero-order valence-corrected chi connectivity index (χ0v) is 6.81. The number of hydrogen-bond donors (Lipinski definition) is 0. The lowest BCUT2D eigenvalue weighted by Crippen LogP contribution is -2.10. The standard InChI is InChI=1S/C10H14/c1-10(2,3)9-7-5-4-6-8-9/h4-8H,1-3H3/i7D. The quantitative estimate of drug-likeness (QED) is 0.513. The largest absolute Gasteiger partial charge is 0.0626 e. The van der Waals surface area contributed by atoms with Crippen LogP contribution < -0.4 is 0 Å². The molecule has 0 saturated heterocycles. The maximum atomic E-state index is 7.63. The Balaban J connectivity index is 3.14. The summed E-state index contributed by atoms with van der Waals surface area (Å²) in [7, 11) is 0. The van der Waals surface area contributed by atoms with Gasteiger partial charge in [-0.2, -0.15) is 0 Å². The van der Waals surface area contributed by atoms with Crippen molar-refractivity contribution in [2.24, 2.45) is 0 Å². The van der Waals surface area contributed by atoms with Gasteiger partial charge in [-0.25, -0.2) is 0 Å². The molecule has 0 spiro atoms. The van der Waals surface area contributed by atoms with E-state index in [1.54, 1.807) is 0 Å². The topological polar surface area (TPSA) is 0 Å². The van der Waals surface area contributed by atoms with Crippen LogP contribution in [0.5, 0.6) is 0 Å². The van der Waals surface area contributed by atoms with Crippen molar-refractivity contribution >= 4 is 0 Å². The van der Waals surface area contributed by atoms with E-state index in [0.29, 0.717) is 6.04 Å². The maximum Gasteiger partial charge on any atom is 0.0626 e. The summed E-state index contributed by atoms with van der Waals surface area (Å²) < 4.78 is 7.63. The Morgan fingerprint density at radius 3 is 2.30 bits per heavy atom. The van der Waals surface area contributed by atoms with Gasteiger partial charge in [0.05, 0.1) is 1.37 Å². The second-order valence-corrected chi connectivity index (χ2v) is 3.53. The molecule has 0 radical (unpaired) electrons. The highest BCUT2D eigenvalue weighted by atomic mass is 14.2. The SMILES string of the molecule is [2H]c1ccccc1C(C)(C)C. The van der Waals surface area contributed by atoms with E-state index in [9.17, 15) is 0 Å². The smallest absolute Gasteiger partial charge is 0.0622 e. The molecule has 0 nitrogen and oxygen atoms in total. The monoisotopic (exact) mass is 135 g/mol. The Hall–Kier alpha value is -0.780. The summed E-state index contributed by atoms with van der Waals surface area (Å²) in [5.41, 5.74) is 1.21. The first-order valence-electron chi connectivity index (χ1n) is 4.08. The Morgan fingerprint density at radius 1 is 1.20 bits per heavy atom. The third kappa shape index (κ3) is 1.60. The Morgan fingerprint density at radius 2 is 1.90 bits per heavy atom. The number of benzene rings is 1. The van der Waals surface area contributed by atoms with E-state index in [1.165, 1.54) is 0 Å². The second-order valence-electron chi connectivity index (χ2n) is 3.53. The van der Waals surface area contributed by atoms with Crippen LogP contribution in [0.25, 0.3) is 0 Å². The molecule has 0 N–H and O–H groups in total. The summed E-state index contributed by atoms with van der Waals surface area (Å²) in [6, 6.07) is 8.37. The molecule has 0 heteroatoms. The van der Waals surface area contributed by atoms with Crippen LogP contribution >= 0.6 is 0 Å². The summed E-state index contributed by atoms with van der Waals surface area (Å²) in [4.78, 5) is 0. The van der Waals surface area contributed by atoms with Gasteiger partial charge in [0, 0.05) is 0 Å². The van der Waals surface area contributed by atoms with Crippen LogP contribution in [0.2, 0.25) is 0 Å². The van der Waals surface area contributed by atoms with E-state index in [-0.39, 0.29) is 5.41 Å². The minimum absolute atomic E-state index is 0.0956. The van der Waals surface area contributed by atoms with Crippen LogP contribution in [-0.2, 0) is 5.41 Å². The van der Waals surface area contributed by atoms with Gasteiger partial charge in [-0.1, -0.05) is 51.1 Å². The third-order valence-electron chi connectivity index (χ3n) is 1.52. The molecule has 1 rings (SSSR count). The summed E-state index contributed by atoms with van der Waals surface area (Å²) >= 11 is 0. The molecule has 0 aliphatic rings. The number of hydrogen-bond acceptors (Lipinski definition) is 0. The summed E-state index contributed by atoms with van der Waals surface area (Å²) in [6.07, 6.45) is 0. The van der Waals surface area contributed by atoms with Gasteiger partial charge in [0.1, 0.15) is 0 Å². The van der Waals surface area contributed by atoms with Crippen molar-refractivity contribution in [2.75, 3.05) is 0 Å². The highest BCUT2D eigenvalue weighted by Gasteiger charge is 2.11. The molecule has 0 aliphatic carbocycles. The van der Waals surface area contributed by atoms with Crippen molar-refractivity contribution in [1.29, 1.82) is 0 Å². The van der Waals surface area contributed by atoms with Gasteiger partial charge < -0.3 is 0 Å². The lowest BCUT2D eigenvalue weighted by atomic mass is 9.87. The average molecular weight is 135 g/mol. The van der Waals surface area contributed by atoms with E-state index in [4.69, 9.17) is 1.37 Å². The van der Waals surface area contributed by atoms with Crippen molar-refractivity contribution in [3.8, 4) is 0 Å². The highest BCUT2D eigenvalue weighted by Crippen LogP contribution is 2.20. The van der Waals surface area contributed by atoms with Crippen LogP contribution in [0, 0.1) is 0 Å². The van der Waals surface area contributed by atoms with Crippen molar-refractivity contribution in [3.05, 3.63) is 35.9 Å².